The molecule has 1 amide bonds. The number of amides is 1. The van der Waals surface area contributed by atoms with Gasteiger partial charge in [0.1, 0.15) is 40.6 Å². The number of nitrogens with one attached hydrogen (secondary N) is 2. The number of hydrogen-bond acceptors (Lipinski definition) is 7. The van der Waals surface area contributed by atoms with Gasteiger partial charge in [-0.1, -0.05) is 31.2 Å². The summed E-state index contributed by atoms with van der Waals surface area (Å²) in [6.45, 7) is 6.16. The van der Waals surface area contributed by atoms with E-state index < -0.39 is 17.4 Å². The number of fused-ring (bicyclic) bond motifs is 2. The molecule has 2 N–H and O–H groups in total. The molecule has 9 nitrogen and oxygen atoms in total. The molecule has 1 atom stereocenters. The maximum atomic E-state index is 14.7. The normalized spacial score (nSPS) is 14.0. The van der Waals surface area contributed by atoms with Gasteiger partial charge < -0.3 is 15.5 Å². The number of halogens is 1. The average molecular weight is 488 g/mol. The quantitative estimate of drug-likeness (QED) is 0.422. The highest BCUT2D eigenvalue weighted by molar-refractivity contribution is 6.04. The molecular weight excluding hydrogens is 461 g/mol. The number of benzene rings is 2. The van der Waals surface area contributed by atoms with E-state index in [1.807, 2.05) is 26.8 Å². The van der Waals surface area contributed by atoms with Gasteiger partial charge in [0.25, 0.3) is 11.5 Å². The Hall–Kier alpha value is -4.34. The van der Waals surface area contributed by atoms with E-state index in [0.717, 1.165) is 0 Å². The predicted octanol–water partition coefficient (Wildman–Crippen LogP) is 4.11. The highest BCUT2D eigenvalue weighted by Crippen LogP contribution is 2.30. The van der Waals surface area contributed by atoms with Crippen molar-refractivity contribution in [1.82, 2.24) is 24.4 Å². The van der Waals surface area contributed by atoms with Crippen LogP contribution in [0.1, 0.15) is 49.4 Å². The van der Waals surface area contributed by atoms with Crippen molar-refractivity contribution in [2.24, 2.45) is 0 Å². The van der Waals surface area contributed by atoms with Crippen molar-refractivity contribution < 1.29 is 9.18 Å². The van der Waals surface area contributed by atoms with E-state index in [9.17, 15) is 14.0 Å². The van der Waals surface area contributed by atoms with E-state index in [1.54, 1.807) is 35.2 Å². The Morgan fingerprint density at radius 1 is 1.08 bits per heavy atom. The zero-order chi connectivity index (χ0) is 25.4. The molecule has 1 unspecified atom stereocenters. The van der Waals surface area contributed by atoms with Gasteiger partial charge in [0.05, 0.1) is 23.9 Å². The first kappa shape index (κ1) is 23.4. The van der Waals surface area contributed by atoms with Gasteiger partial charge in [0, 0.05) is 6.04 Å². The number of rotatable bonds is 6. The van der Waals surface area contributed by atoms with Crippen LogP contribution in [0, 0.1) is 5.82 Å². The van der Waals surface area contributed by atoms with Crippen molar-refractivity contribution in [3.63, 3.8) is 0 Å². The molecule has 36 heavy (non-hydrogen) atoms. The van der Waals surface area contributed by atoms with E-state index in [1.165, 1.54) is 23.0 Å². The van der Waals surface area contributed by atoms with Gasteiger partial charge in [0.2, 0.25) is 0 Å². The summed E-state index contributed by atoms with van der Waals surface area (Å²) in [7, 11) is 0. The van der Waals surface area contributed by atoms with E-state index >= 15 is 0 Å². The third kappa shape index (κ3) is 3.94. The molecule has 1 aliphatic heterocycles. The van der Waals surface area contributed by atoms with Crippen LogP contribution in [-0.4, -0.2) is 43.0 Å². The Kier molecular flexibility index (Phi) is 6.09. The fraction of sp³-hybridized carbons (Fsp3) is 0.269. The number of nitrogens with zero attached hydrogens (tertiary/aromatic N) is 5. The highest BCUT2D eigenvalue weighted by atomic mass is 19.1. The summed E-state index contributed by atoms with van der Waals surface area (Å²) in [6.07, 6.45) is 1.89. The van der Waals surface area contributed by atoms with Gasteiger partial charge in [-0.05, 0) is 44.5 Å². The van der Waals surface area contributed by atoms with E-state index in [-0.39, 0.29) is 22.9 Å². The maximum Gasteiger partial charge on any atom is 0.269 e. The van der Waals surface area contributed by atoms with Gasteiger partial charge in [-0.15, -0.1) is 0 Å². The van der Waals surface area contributed by atoms with E-state index in [4.69, 9.17) is 4.98 Å². The first-order chi connectivity index (χ1) is 17.4. The number of carbonyl (C=O) groups is 1. The van der Waals surface area contributed by atoms with Crippen LogP contribution in [0.3, 0.4) is 0 Å². The highest BCUT2D eigenvalue weighted by Gasteiger charge is 2.32. The lowest BCUT2D eigenvalue weighted by molar-refractivity contribution is 0.0710. The number of hydrogen-bond donors (Lipinski definition) is 2. The number of anilines is 2. The zero-order valence-electron chi connectivity index (χ0n) is 20.2. The van der Waals surface area contributed by atoms with Gasteiger partial charge >= 0.3 is 0 Å². The minimum Gasteiger partial charge on any atom is -0.359 e. The van der Waals surface area contributed by atoms with Crippen LogP contribution in [-0.2, 0) is 0 Å². The summed E-state index contributed by atoms with van der Waals surface area (Å²) in [5.74, 6) is 0.348. The van der Waals surface area contributed by atoms with Crippen LogP contribution in [0.4, 0.5) is 16.0 Å². The van der Waals surface area contributed by atoms with Crippen LogP contribution in [0.2, 0.25) is 0 Å². The fourth-order valence-corrected chi connectivity index (χ4v) is 4.41. The van der Waals surface area contributed by atoms with Gasteiger partial charge in [-0.25, -0.2) is 19.3 Å². The Morgan fingerprint density at radius 2 is 1.86 bits per heavy atom. The Labute approximate surface area is 207 Å². The molecule has 0 radical (unpaired) electrons. The van der Waals surface area contributed by atoms with Crippen molar-refractivity contribution >= 4 is 28.4 Å². The molecule has 4 aromatic rings. The second kappa shape index (κ2) is 9.37. The standard InChI is InChI=1S/C26H26FN7O2/c1-4-18(31-23-21-22(28-13-29-23)30-14-33(15(2)3)25(21)35)24-32-19-12-8-11-17(27)20(19)26(36)34(24)16-9-6-5-7-10-16/h5-13,15,18H,4,14H2,1-3H3,(H2,28,29,30,31). The molecular formula is C26H26FN7O2. The summed E-state index contributed by atoms with van der Waals surface area (Å²) < 4.78 is 16.1. The monoisotopic (exact) mass is 487 g/mol. The zero-order valence-corrected chi connectivity index (χ0v) is 20.2. The lowest BCUT2D eigenvalue weighted by Gasteiger charge is -2.33. The van der Waals surface area contributed by atoms with Crippen LogP contribution < -0.4 is 16.2 Å². The van der Waals surface area contributed by atoms with Crippen LogP contribution >= 0.6 is 0 Å². The van der Waals surface area contributed by atoms with Crippen LogP contribution in [0.25, 0.3) is 16.6 Å². The molecule has 2 aromatic heterocycles. The van der Waals surface area contributed by atoms with Gasteiger partial charge in [-0.3, -0.25) is 14.2 Å². The summed E-state index contributed by atoms with van der Waals surface area (Å²) in [6, 6.07) is 12.8. The fourth-order valence-electron chi connectivity index (χ4n) is 4.41. The average Bonchev–Trinajstić information content (AvgIpc) is 2.87. The minimum absolute atomic E-state index is 0.0199. The molecule has 3 heterocycles. The molecule has 5 rings (SSSR count). The largest absolute Gasteiger partial charge is 0.359 e. The maximum absolute atomic E-state index is 14.7. The summed E-state index contributed by atoms with van der Waals surface area (Å²) >= 11 is 0. The summed E-state index contributed by atoms with van der Waals surface area (Å²) in [5.41, 5.74) is 0.643. The molecule has 2 aromatic carbocycles. The third-order valence-electron chi connectivity index (χ3n) is 6.28. The molecule has 0 bridgehead atoms. The number of carbonyl (C=O) groups excluding carboxylic acids is 1. The number of para-hydroxylation sites is 1. The number of aromatic nitrogens is 4. The lowest BCUT2D eigenvalue weighted by atomic mass is 10.1. The molecule has 0 saturated heterocycles. The Morgan fingerprint density at radius 3 is 2.58 bits per heavy atom. The molecule has 184 valence electrons. The van der Waals surface area contributed by atoms with Crippen molar-refractivity contribution in [3.05, 3.63) is 82.4 Å². The van der Waals surface area contributed by atoms with Crippen molar-refractivity contribution in [2.45, 2.75) is 39.3 Å². The second-order valence-corrected chi connectivity index (χ2v) is 8.83. The minimum atomic E-state index is -0.627. The topological polar surface area (TPSA) is 105 Å². The van der Waals surface area contributed by atoms with Crippen LogP contribution in [0.15, 0.2) is 59.7 Å². The van der Waals surface area contributed by atoms with Crippen molar-refractivity contribution in [3.8, 4) is 5.69 Å². The third-order valence-corrected chi connectivity index (χ3v) is 6.28. The summed E-state index contributed by atoms with van der Waals surface area (Å²) in [5, 5.41) is 6.42. The molecule has 0 aliphatic carbocycles. The van der Waals surface area contributed by atoms with Gasteiger partial charge in [0.15, 0.2) is 0 Å². The Balaban J connectivity index is 1.67. The van der Waals surface area contributed by atoms with Gasteiger partial charge in [-0.2, -0.15) is 0 Å². The smallest absolute Gasteiger partial charge is 0.269 e. The first-order valence-electron chi connectivity index (χ1n) is 11.8. The lowest BCUT2D eigenvalue weighted by Crippen LogP contribution is -2.45. The van der Waals surface area contributed by atoms with E-state index in [0.29, 0.717) is 41.8 Å². The van der Waals surface area contributed by atoms with Crippen LogP contribution in [0.5, 0.6) is 0 Å². The molecule has 1 aliphatic rings. The van der Waals surface area contributed by atoms with E-state index in [2.05, 4.69) is 20.6 Å². The van der Waals surface area contributed by atoms with Crippen molar-refractivity contribution in [1.29, 1.82) is 0 Å². The Bertz CT molecular complexity index is 1500. The summed E-state index contributed by atoms with van der Waals surface area (Å²) in [4.78, 5) is 41.9. The molecule has 0 fully saturated rings. The SMILES string of the molecule is CCC(Nc1ncnc2c1C(=O)N(C(C)C)CN2)c1nc2cccc(F)c2c(=O)n1-c1ccccc1. The molecule has 10 heteroatoms. The predicted molar refractivity (Wildman–Crippen MR) is 136 cm³/mol. The molecule has 0 saturated carbocycles. The first-order valence-corrected chi connectivity index (χ1v) is 11.8. The van der Waals surface area contributed by atoms with Crippen molar-refractivity contribution in [2.75, 3.05) is 17.3 Å². The second-order valence-electron chi connectivity index (χ2n) is 8.83. The molecule has 0 spiro atoms.